The maximum atomic E-state index is 12.7. The molecule has 28 heavy (non-hydrogen) atoms. The number of nitrogens with one attached hydrogen (secondary N) is 2. The third kappa shape index (κ3) is 5.08. The van der Waals surface area contributed by atoms with Crippen molar-refractivity contribution in [2.75, 3.05) is 18.4 Å². The molecule has 0 heterocycles. The van der Waals surface area contributed by atoms with Gasteiger partial charge in [-0.25, -0.2) is 13.2 Å². The molecule has 0 aromatic heterocycles. The van der Waals surface area contributed by atoms with Crippen LogP contribution in [0.2, 0.25) is 0 Å². The van der Waals surface area contributed by atoms with Gasteiger partial charge in [0.2, 0.25) is 0 Å². The van der Waals surface area contributed by atoms with Gasteiger partial charge in [-0.05, 0) is 49.2 Å². The first-order valence-corrected chi connectivity index (χ1v) is 9.86. The molecule has 9 heteroatoms. The molecule has 0 bridgehead atoms. The number of methoxy groups -OCH3 is 1. The number of esters is 1. The maximum Gasteiger partial charge on any atom is 0.330 e. The van der Waals surface area contributed by atoms with E-state index >= 15 is 0 Å². The van der Waals surface area contributed by atoms with Gasteiger partial charge in [0.25, 0.3) is 15.9 Å². The summed E-state index contributed by atoms with van der Waals surface area (Å²) in [6.45, 7) is 2.86. The highest BCUT2D eigenvalue weighted by Gasteiger charge is 2.22. The molecule has 3 N–H and O–H groups in total. The minimum absolute atomic E-state index is 0.114. The van der Waals surface area contributed by atoms with Crippen molar-refractivity contribution in [3.05, 3.63) is 59.2 Å². The second kappa shape index (κ2) is 8.85. The van der Waals surface area contributed by atoms with Gasteiger partial charge in [-0.3, -0.25) is 9.52 Å². The summed E-state index contributed by atoms with van der Waals surface area (Å²) >= 11 is 0. The minimum Gasteiger partial charge on any atom is -0.467 e. The fourth-order valence-corrected chi connectivity index (χ4v) is 3.87. The molecular formula is C19H22N2O6S. The number of sulfonamides is 1. The number of hydrogen-bond donors (Lipinski definition) is 3. The van der Waals surface area contributed by atoms with E-state index in [2.05, 4.69) is 14.8 Å². The van der Waals surface area contributed by atoms with Crippen molar-refractivity contribution >= 4 is 27.6 Å². The third-order valence-electron chi connectivity index (χ3n) is 3.98. The number of carbonyl (C=O) groups excluding carboxylic acids is 2. The van der Waals surface area contributed by atoms with Crippen LogP contribution >= 0.6 is 0 Å². The van der Waals surface area contributed by atoms with Gasteiger partial charge in [-0.1, -0.05) is 18.2 Å². The van der Waals surface area contributed by atoms with Crippen molar-refractivity contribution in [1.29, 1.82) is 0 Å². The predicted molar refractivity (Wildman–Crippen MR) is 104 cm³/mol. The average molecular weight is 406 g/mol. The van der Waals surface area contributed by atoms with Gasteiger partial charge < -0.3 is 15.2 Å². The Hall–Kier alpha value is -2.91. The fourth-order valence-electron chi connectivity index (χ4n) is 2.49. The Morgan fingerprint density at radius 1 is 1.14 bits per heavy atom. The Balaban J connectivity index is 2.24. The maximum absolute atomic E-state index is 12.7. The fraction of sp³-hybridized carbons (Fsp3) is 0.263. The molecule has 0 aliphatic heterocycles. The molecule has 8 nitrogen and oxygen atoms in total. The first-order valence-electron chi connectivity index (χ1n) is 8.37. The van der Waals surface area contributed by atoms with Crippen molar-refractivity contribution in [3.8, 4) is 0 Å². The molecule has 0 radical (unpaired) electrons. The molecule has 1 atom stereocenters. The topological polar surface area (TPSA) is 122 Å². The molecule has 0 unspecified atom stereocenters. The van der Waals surface area contributed by atoms with E-state index in [1.807, 2.05) is 6.07 Å². The smallest absolute Gasteiger partial charge is 0.330 e. The van der Waals surface area contributed by atoms with Crippen molar-refractivity contribution in [3.63, 3.8) is 0 Å². The van der Waals surface area contributed by atoms with Crippen LogP contribution in [0.25, 0.3) is 0 Å². The summed E-state index contributed by atoms with van der Waals surface area (Å²) in [7, 11) is -2.71. The number of amides is 1. The van der Waals surface area contributed by atoms with Crippen LogP contribution in [-0.2, 0) is 19.6 Å². The number of anilines is 1. The number of rotatable bonds is 7. The zero-order chi connectivity index (χ0) is 20.9. The molecule has 0 fully saturated rings. The molecule has 2 aromatic rings. The molecule has 150 valence electrons. The summed E-state index contributed by atoms with van der Waals surface area (Å²) in [4.78, 5) is 24.0. The largest absolute Gasteiger partial charge is 0.467 e. The van der Waals surface area contributed by atoms with Crippen LogP contribution in [0.3, 0.4) is 0 Å². The molecule has 0 aliphatic carbocycles. The number of aliphatic hydroxyl groups excluding tert-OH is 1. The normalized spacial score (nSPS) is 12.1. The van der Waals surface area contributed by atoms with Gasteiger partial charge in [0, 0.05) is 11.3 Å². The number of aliphatic hydroxyl groups is 1. The minimum atomic E-state index is -3.85. The number of aryl methyl sites for hydroxylation is 2. The second-order valence-electron chi connectivity index (χ2n) is 6.19. The third-order valence-corrected chi connectivity index (χ3v) is 5.51. The Morgan fingerprint density at radius 3 is 2.50 bits per heavy atom. The first-order chi connectivity index (χ1) is 13.2. The Bertz CT molecular complexity index is 988. The van der Waals surface area contributed by atoms with Crippen LogP contribution in [-0.4, -0.2) is 45.2 Å². The van der Waals surface area contributed by atoms with Gasteiger partial charge in [-0.2, -0.15) is 0 Å². The van der Waals surface area contributed by atoms with Crippen molar-refractivity contribution < 1.29 is 27.9 Å². The van der Waals surface area contributed by atoms with Crippen molar-refractivity contribution in [1.82, 2.24) is 5.32 Å². The zero-order valence-electron chi connectivity index (χ0n) is 15.7. The predicted octanol–water partition coefficient (Wildman–Crippen LogP) is 1.37. The van der Waals surface area contributed by atoms with Crippen LogP contribution in [0.1, 0.15) is 21.5 Å². The Labute approximate surface area is 163 Å². The van der Waals surface area contributed by atoms with E-state index in [1.165, 1.54) is 24.3 Å². The molecule has 2 aromatic carbocycles. The van der Waals surface area contributed by atoms with E-state index in [0.29, 0.717) is 5.56 Å². The first kappa shape index (κ1) is 21.4. The standard InChI is InChI=1S/C19H22N2O6S/c1-12-7-8-13(2)17(9-12)28(25,26)21-15-6-4-5-14(10-15)18(23)20-16(11-22)19(24)27-3/h4-10,16,21-22H,11H2,1-3H3,(H,20,23)/t16-/m1/s1. The Morgan fingerprint density at radius 2 is 1.86 bits per heavy atom. The number of hydrogen-bond acceptors (Lipinski definition) is 6. The number of carbonyl (C=O) groups is 2. The summed E-state index contributed by atoms with van der Waals surface area (Å²) in [5.74, 6) is -1.44. The SMILES string of the molecule is COC(=O)[C@@H](CO)NC(=O)c1cccc(NS(=O)(=O)c2cc(C)ccc2C)c1. The molecule has 0 spiro atoms. The van der Waals surface area contributed by atoms with Crippen LogP contribution in [0.5, 0.6) is 0 Å². The number of ether oxygens (including phenoxy) is 1. The molecule has 0 saturated heterocycles. The van der Waals surface area contributed by atoms with E-state index in [-0.39, 0.29) is 16.1 Å². The monoisotopic (exact) mass is 406 g/mol. The molecular weight excluding hydrogens is 384 g/mol. The lowest BCUT2D eigenvalue weighted by Crippen LogP contribution is -2.44. The van der Waals surface area contributed by atoms with Crippen LogP contribution in [0, 0.1) is 13.8 Å². The quantitative estimate of drug-likeness (QED) is 0.597. The summed E-state index contributed by atoms with van der Waals surface area (Å²) in [5.41, 5.74) is 1.70. The van der Waals surface area contributed by atoms with E-state index < -0.39 is 34.5 Å². The van der Waals surface area contributed by atoms with Crippen LogP contribution in [0.15, 0.2) is 47.4 Å². The van der Waals surface area contributed by atoms with E-state index in [1.54, 1.807) is 26.0 Å². The summed E-state index contributed by atoms with van der Waals surface area (Å²) in [5, 5.41) is 11.5. The van der Waals surface area contributed by atoms with Crippen molar-refractivity contribution in [2.24, 2.45) is 0 Å². The van der Waals surface area contributed by atoms with Gasteiger partial charge in [0.15, 0.2) is 6.04 Å². The van der Waals surface area contributed by atoms with Gasteiger partial charge in [0.1, 0.15) is 0 Å². The Kier molecular flexibility index (Phi) is 6.76. The lowest BCUT2D eigenvalue weighted by atomic mass is 10.2. The van der Waals surface area contributed by atoms with E-state index in [0.717, 1.165) is 12.7 Å². The molecule has 1 amide bonds. The highest BCUT2D eigenvalue weighted by Crippen LogP contribution is 2.21. The van der Waals surface area contributed by atoms with Gasteiger partial charge in [0.05, 0.1) is 18.6 Å². The number of benzene rings is 2. The lowest BCUT2D eigenvalue weighted by molar-refractivity contribution is -0.143. The van der Waals surface area contributed by atoms with Crippen LogP contribution < -0.4 is 10.0 Å². The zero-order valence-corrected chi connectivity index (χ0v) is 16.5. The lowest BCUT2D eigenvalue weighted by Gasteiger charge is -2.15. The van der Waals surface area contributed by atoms with Gasteiger partial charge in [-0.15, -0.1) is 0 Å². The highest BCUT2D eigenvalue weighted by atomic mass is 32.2. The molecule has 0 saturated carbocycles. The second-order valence-corrected chi connectivity index (χ2v) is 7.84. The average Bonchev–Trinajstić information content (AvgIpc) is 2.66. The summed E-state index contributed by atoms with van der Waals surface area (Å²) < 4.78 is 32.3. The molecule has 0 aliphatic rings. The van der Waals surface area contributed by atoms with E-state index in [4.69, 9.17) is 0 Å². The molecule has 2 rings (SSSR count). The van der Waals surface area contributed by atoms with Crippen LogP contribution in [0.4, 0.5) is 5.69 Å². The highest BCUT2D eigenvalue weighted by molar-refractivity contribution is 7.92. The van der Waals surface area contributed by atoms with Gasteiger partial charge >= 0.3 is 5.97 Å². The van der Waals surface area contributed by atoms with Crippen molar-refractivity contribution in [2.45, 2.75) is 24.8 Å². The van der Waals surface area contributed by atoms with E-state index in [9.17, 15) is 23.1 Å². The summed E-state index contributed by atoms with van der Waals surface area (Å²) in [6, 6.07) is 9.68. The summed E-state index contributed by atoms with van der Waals surface area (Å²) in [6.07, 6.45) is 0.